The topological polar surface area (TPSA) is 52.3 Å². The van der Waals surface area contributed by atoms with Gasteiger partial charge in [-0.25, -0.2) is 4.79 Å². The van der Waals surface area contributed by atoms with Crippen molar-refractivity contribution in [2.75, 3.05) is 12.3 Å². The number of nitrogen functional groups attached to an aromatic ring is 1. The summed E-state index contributed by atoms with van der Waals surface area (Å²) in [7, 11) is 0. The highest BCUT2D eigenvalue weighted by Gasteiger charge is 2.12. The number of carbonyl (C=O) groups excluding carboxylic acids is 1. The van der Waals surface area contributed by atoms with E-state index in [1.165, 1.54) is 11.1 Å². The number of nitrogens with two attached hydrogens (primary N) is 1. The fraction of sp³-hybridized carbons (Fsp3) is 0.267. The lowest BCUT2D eigenvalue weighted by Gasteiger charge is -2.09. The van der Waals surface area contributed by atoms with E-state index in [4.69, 9.17) is 10.5 Å². The van der Waals surface area contributed by atoms with Crippen LogP contribution in [0.15, 0.2) is 24.3 Å². The molecule has 0 amide bonds. The van der Waals surface area contributed by atoms with Crippen molar-refractivity contribution in [2.45, 2.75) is 20.8 Å². The van der Waals surface area contributed by atoms with Gasteiger partial charge in [-0.15, -0.1) is 0 Å². The van der Waals surface area contributed by atoms with Crippen LogP contribution in [0.5, 0.6) is 0 Å². The van der Waals surface area contributed by atoms with E-state index < -0.39 is 0 Å². The number of anilines is 1. The largest absolute Gasteiger partial charge is 0.462 e. The van der Waals surface area contributed by atoms with Crippen LogP contribution >= 0.6 is 0 Å². The molecule has 2 N–H and O–H groups in total. The first-order chi connectivity index (χ1) is 8.52. The molecule has 2 rings (SSSR count). The highest BCUT2D eigenvalue weighted by Crippen LogP contribution is 2.25. The predicted molar refractivity (Wildman–Crippen MR) is 73.8 cm³/mol. The van der Waals surface area contributed by atoms with E-state index in [2.05, 4.69) is 26.0 Å². The summed E-state index contributed by atoms with van der Waals surface area (Å²) in [5, 5.41) is 2.05. The van der Waals surface area contributed by atoms with Gasteiger partial charge >= 0.3 is 5.97 Å². The molecular formula is C15H17NO2. The highest BCUT2D eigenvalue weighted by molar-refractivity contribution is 6.01. The normalized spacial score (nSPS) is 10.6. The average Bonchev–Trinajstić information content (AvgIpc) is 2.31. The lowest BCUT2D eigenvalue weighted by Crippen LogP contribution is -2.08. The summed E-state index contributed by atoms with van der Waals surface area (Å²) in [6, 6.07) is 7.77. The molecule has 2 aromatic carbocycles. The van der Waals surface area contributed by atoms with E-state index >= 15 is 0 Å². The first-order valence-electron chi connectivity index (χ1n) is 6.00. The average molecular weight is 243 g/mol. The maximum Gasteiger partial charge on any atom is 0.340 e. The summed E-state index contributed by atoms with van der Waals surface area (Å²) in [6.07, 6.45) is 0. The Labute approximate surface area is 107 Å². The van der Waals surface area contributed by atoms with E-state index in [1.54, 1.807) is 13.0 Å². The molecule has 0 radical (unpaired) electrons. The number of esters is 1. The van der Waals surface area contributed by atoms with Crippen LogP contribution in [0.3, 0.4) is 0 Å². The van der Waals surface area contributed by atoms with Crippen molar-refractivity contribution < 1.29 is 9.53 Å². The van der Waals surface area contributed by atoms with Crippen LogP contribution in [-0.2, 0) is 4.74 Å². The molecule has 0 bridgehead atoms. The van der Waals surface area contributed by atoms with Gasteiger partial charge in [0.05, 0.1) is 12.2 Å². The predicted octanol–water partition coefficient (Wildman–Crippen LogP) is 3.22. The van der Waals surface area contributed by atoms with Crippen LogP contribution in [0.2, 0.25) is 0 Å². The zero-order valence-corrected chi connectivity index (χ0v) is 10.9. The molecule has 0 atom stereocenters. The van der Waals surface area contributed by atoms with Gasteiger partial charge in [-0.1, -0.05) is 12.1 Å². The zero-order valence-electron chi connectivity index (χ0n) is 10.9. The minimum Gasteiger partial charge on any atom is -0.462 e. The molecule has 3 heteroatoms. The van der Waals surface area contributed by atoms with E-state index in [0.29, 0.717) is 17.9 Å². The molecule has 18 heavy (non-hydrogen) atoms. The number of rotatable bonds is 2. The number of benzene rings is 2. The molecule has 0 heterocycles. The third kappa shape index (κ3) is 2.16. The van der Waals surface area contributed by atoms with Gasteiger partial charge in [-0.05, 0) is 54.8 Å². The van der Waals surface area contributed by atoms with Crippen LogP contribution in [-0.4, -0.2) is 12.6 Å². The van der Waals surface area contributed by atoms with Gasteiger partial charge in [-0.2, -0.15) is 0 Å². The third-order valence-electron chi connectivity index (χ3n) is 3.12. The Morgan fingerprint density at radius 1 is 1.11 bits per heavy atom. The summed E-state index contributed by atoms with van der Waals surface area (Å²) in [5.74, 6) is -0.366. The fourth-order valence-corrected chi connectivity index (χ4v) is 1.98. The van der Waals surface area contributed by atoms with Gasteiger partial charge in [0.15, 0.2) is 0 Å². The quantitative estimate of drug-likeness (QED) is 0.651. The Balaban J connectivity index is 2.61. The summed E-state index contributed by atoms with van der Waals surface area (Å²) in [5.41, 5.74) is 9.22. The minimum atomic E-state index is -0.366. The molecule has 0 saturated heterocycles. The lowest BCUT2D eigenvalue weighted by molar-refractivity contribution is 0.0528. The number of hydrogen-bond donors (Lipinski definition) is 1. The van der Waals surface area contributed by atoms with Gasteiger partial charge < -0.3 is 10.5 Å². The van der Waals surface area contributed by atoms with Gasteiger partial charge in [0.25, 0.3) is 0 Å². The Morgan fingerprint density at radius 3 is 2.22 bits per heavy atom. The highest BCUT2D eigenvalue weighted by atomic mass is 16.5. The number of carbonyl (C=O) groups is 1. The van der Waals surface area contributed by atoms with Crippen molar-refractivity contribution in [3.63, 3.8) is 0 Å². The van der Waals surface area contributed by atoms with Crippen LogP contribution in [0.4, 0.5) is 5.69 Å². The minimum absolute atomic E-state index is 0.350. The Kier molecular flexibility index (Phi) is 3.24. The lowest BCUT2D eigenvalue weighted by atomic mass is 10.00. The molecule has 0 unspecified atom stereocenters. The molecule has 0 fully saturated rings. The third-order valence-corrected chi connectivity index (χ3v) is 3.12. The number of aryl methyl sites for hydroxylation is 2. The second-order valence-corrected chi connectivity index (χ2v) is 4.44. The Bertz CT molecular complexity index is 617. The van der Waals surface area contributed by atoms with Crippen molar-refractivity contribution in [3.05, 3.63) is 41.0 Å². The molecule has 0 aliphatic heterocycles. The standard InChI is InChI=1S/C15H17NO2/c1-4-18-15(17)13-7-11-5-9(2)10(3)6-12(11)8-14(13)16/h5-8H,4,16H2,1-3H3. The van der Waals surface area contributed by atoms with Crippen LogP contribution in [0.25, 0.3) is 10.8 Å². The van der Waals surface area contributed by atoms with Gasteiger partial charge in [0.1, 0.15) is 0 Å². The number of hydrogen-bond acceptors (Lipinski definition) is 3. The summed E-state index contributed by atoms with van der Waals surface area (Å²) in [6.45, 7) is 6.24. The molecule has 0 aliphatic carbocycles. The van der Waals surface area contributed by atoms with Crippen molar-refractivity contribution in [1.82, 2.24) is 0 Å². The molecule has 0 saturated carbocycles. The molecule has 94 valence electrons. The molecule has 3 nitrogen and oxygen atoms in total. The first kappa shape index (κ1) is 12.4. The monoisotopic (exact) mass is 243 g/mol. The second-order valence-electron chi connectivity index (χ2n) is 4.44. The second kappa shape index (κ2) is 4.69. The van der Waals surface area contributed by atoms with Crippen LogP contribution in [0, 0.1) is 13.8 Å². The van der Waals surface area contributed by atoms with Crippen LogP contribution < -0.4 is 5.73 Å². The van der Waals surface area contributed by atoms with Crippen molar-refractivity contribution in [3.8, 4) is 0 Å². The van der Waals surface area contributed by atoms with E-state index in [9.17, 15) is 4.79 Å². The van der Waals surface area contributed by atoms with Crippen LogP contribution in [0.1, 0.15) is 28.4 Å². The van der Waals surface area contributed by atoms with Gasteiger partial charge in [-0.3, -0.25) is 0 Å². The molecule has 0 spiro atoms. The molecular weight excluding hydrogens is 226 g/mol. The molecule has 0 aliphatic rings. The maximum absolute atomic E-state index is 11.8. The van der Waals surface area contributed by atoms with Crippen molar-refractivity contribution >= 4 is 22.4 Å². The molecule has 0 aromatic heterocycles. The van der Waals surface area contributed by atoms with Gasteiger partial charge in [0.2, 0.25) is 0 Å². The van der Waals surface area contributed by atoms with Gasteiger partial charge in [0, 0.05) is 5.69 Å². The Hall–Kier alpha value is -2.03. The number of fused-ring (bicyclic) bond motifs is 1. The fourth-order valence-electron chi connectivity index (χ4n) is 1.98. The SMILES string of the molecule is CCOC(=O)c1cc2cc(C)c(C)cc2cc1N. The maximum atomic E-state index is 11.8. The zero-order chi connectivity index (χ0) is 13.3. The van der Waals surface area contributed by atoms with E-state index in [0.717, 1.165) is 10.8 Å². The summed E-state index contributed by atoms with van der Waals surface area (Å²) < 4.78 is 4.99. The first-order valence-corrected chi connectivity index (χ1v) is 6.00. The van der Waals surface area contributed by atoms with E-state index in [1.807, 2.05) is 6.07 Å². The smallest absolute Gasteiger partial charge is 0.340 e. The van der Waals surface area contributed by atoms with Crippen molar-refractivity contribution in [2.24, 2.45) is 0 Å². The number of ether oxygens (including phenoxy) is 1. The molecule has 2 aromatic rings. The Morgan fingerprint density at radius 2 is 1.67 bits per heavy atom. The van der Waals surface area contributed by atoms with E-state index in [-0.39, 0.29) is 5.97 Å². The summed E-state index contributed by atoms with van der Waals surface area (Å²) in [4.78, 5) is 11.8. The summed E-state index contributed by atoms with van der Waals surface area (Å²) >= 11 is 0. The van der Waals surface area contributed by atoms with Crippen molar-refractivity contribution in [1.29, 1.82) is 0 Å².